The summed E-state index contributed by atoms with van der Waals surface area (Å²) in [5.41, 5.74) is 33.7. The third-order valence-electron chi connectivity index (χ3n) is 23.4. The number of aromatic nitrogens is 6. The second kappa shape index (κ2) is 21.3. The number of benzene rings is 14. The van der Waals surface area contributed by atoms with E-state index in [0.29, 0.717) is 17.7 Å². The molecule has 0 N–H and O–H groups in total. The number of rotatable bonds is 8. The quantitative estimate of drug-likeness (QED) is 0.152. The van der Waals surface area contributed by atoms with Crippen LogP contribution in [0.3, 0.4) is 0 Å². The Labute approximate surface area is 591 Å². The average Bonchev–Trinajstić information content (AvgIpc) is 1.59. The van der Waals surface area contributed by atoms with Gasteiger partial charge >= 0.3 is 0 Å². The van der Waals surface area contributed by atoms with Crippen molar-refractivity contribution in [2.24, 2.45) is 0 Å². The molecule has 6 heteroatoms. The lowest BCUT2D eigenvalue weighted by Crippen LogP contribution is -2.14. The van der Waals surface area contributed by atoms with Crippen molar-refractivity contribution in [3.05, 3.63) is 337 Å². The van der Waals surface area contributed by atoms with Crippen LogP contribution in [0.4, 0.5) is 0 Å². The second-order valence-corrected chi connectivity index (χ2v) is 29.9. The molecule has 0 bridgehead atoms. The number of nitrogens with zero attached hydrogens (tertiary/aromatic N) is 6. The molecule has 0 atom stereocenters. The molecule has 0 amide bonds. The minimum absolute atomic E-state index is 0.0354. The Morgan fingerprint density at radius 1 is 0.206 bits per heavy atom. The number of hydrogen-bond donors (Lipinski definition) is 0. The van der Waals surface area contributed by atoms with E-state index in [1.807, 2.05) is 0 Å². The molecule has 102 heavy (non-hydrogen) atoms. The van der Waals surface area contributed by atoms with Crippen LogP contribution in [-0.4, -0.2) is 28.7 Å². The number of hydrogen-bond acceptors (Lipinski definition) is 3. The first-order chi connectivity index (χ1) is 49.8. The van der Waals surface area contributed by atoms with Crippen molar-refractivity contribution in [3.63, 3.8) is 0 Å². The minimum atomic E-state index is -0.0739. The lowest BCUT2D eigenvalue weighted by Gasteiger charge is -2.21. The van der Waals surface area contributed by atoms with Crippen molar-refractivity contribution in [3.8, 4) is 107 Å². The van der Waals surface area contributed by atoms with Crippen molar-refractivity contribution < 1.29 is 0 Å². The highest BCUT2D eigenvalue weighted by atomic mass is 15.3. The third-order valence-corrected chi connectivity index (χ3v) is 23.4. The fourth-order valence-corrected chi connectivity index (χ4v) is 18.2. The van der Waals surface area contributed by atoms with E-state index in [1.165, 1.54) is 111 Å². The van der Waals surface area contributed by atoms with Gasteiger partial charge in [0.1, 0.15) is 0 Å². The molecule has 0 saturated carbocycles. The molecule has 4 aromatic heterocycles. The standard InChI is InChI=1S/C96H68N6/c1-94(2)79-25-13-7-19-67(79)73-51-60(37-45-82(73)94)63-40-48-88-76(54-63)70-22-10-16-28-85(70)100(88)66-43-35-58(36-44-66)57-31-33-59(34-32-57)91-97-92(101-86-29-17-11-23-71(86)77-55-64(41-49-89(77)101)61-38-46-83-74(52-61)68-20-8-14-26-80(68)95(83,3)4)99-93(98-91)102-87-30-18-12-24-72(87)78-56-65(42-50-90(78)102)62-39-47-84-75(53-62)69-21-9-15-27-81(69)96(84,5)6/h7-56H,1-6H3. The summed E-state index contributed by atoms with van der Waals surface area (Å²) in [4.78, 5) is 16.7. The predicted octanol–water partition coefficient (Wildman–Crippen LogP) is 24.4. The van der Waals surface area contributed by atoms with Gasteiger partial charge in [0.25, 0.3) is 0 Å². The predicted molar refractivity (Wildman–Crippen MR) is 423 cm³/mol. The maximum atomic E-state index is 5.63. The van der Waals surface area contributed by atoms with Gasteiger partial charge in [-0.05, 0) is 196 Å². The van der Waals surface area contributed by atoms with E-state index in [1.54, 1.807) is 0 Å². The van der Waals surface area contributed by atoms with Gasteiger partial charge in [-0.15, -0.1) is 0 Å². The SMILES string of the molecule is CC1(C)c2ccccc2-c2cc(-c3ccc4c(c3)c3ccccc3n4-c3ccc(-c4ccc(-c5nc(-n6c7ccccc7c7cc(-c8ccc9c(c8)-c8ccccc8C9(C)C)ccc76)nc(-n6c7ccccc7c7cc(-c8ccc9c(c8)-c8ccccc8C9(C)C)ccc76)n5)cc4)cc3)ccc21. The van der Waals surface area contributed by atoms with Crippen LogP contribution in [0.25, 0.3) is 172 Å². The van der Waals surface area contributed by atoms with Crippen LogP contribution in [0.2, 0.25) is 0 Å². The minimum Gasteiger partial charge on any atom is -0.309 e. The normalized spacial score (nSPS) is 14.2. The van der Waals surface area contributed by atoms with Crippen LogP contribution >= 0.6 is 0 Å². The van der Waals surface area contributed by atoms with Crippen LogP contribution in [0, 0.1) is 0 Å². The summed E-state index contributed by atoms with van der Waals surface area (Å²) in [5.74, 6) is 1.65. The highest BCUT2D eigenvalue weighted by molar-refractivity contribution is 6.13. The molecule has 0 radical (unpaired) electrons. The molecule has 3 aliphatic rings. The summed E-state index contributed by atoms with van der Waals surface area (Å²) < 4.78 is 6.89. The van der Waals surface area contributed by atoms with Gasteiger partial charge in [-0.3, -0.25) is 9.13 Å². The van der Waals surface area contributed by atoms with Gasteiger partial charge in [0, 0.05) is 59.8 Å². The van der Waals surface area contributed by atoms with E-state index in [9.17, 15) is 0 Å². The van der Waals surface area contributed by atoms with E-state index in [2.05, 4.69) is 359 Å². The molecule has 0 saturated heterocycles. The lowest BCUT2D eigenvalue weighted by atomic mass is 9.82. The topological polar surface area (TPSA) is 53.5 Å². The van der Waals surface area contributed by atoms with Crippen molar-refractivity contribution in [2.45, 2.75) is 57.8 Å². The molecule has 4 heterocycles. The van der Waals surface area contributed by atoms with Crippen LogP contribution in [0.15, 0.2) is 303 Å². The Balaban J connectivity index is 0.676. The maximum absolute atomic E-state index is 5.63. The zero-order valence-electron chi connectivity index (χ0n) is 57.6. The first-order valence-corrected chi connectivity index (χ1v) is 35.6. The smallest absolute Gasteiger partial charge is 0.240 e. The largest absolute Gasteiger partial charge is 0.309 e. The van der Waals surface area contributed by atoms with E-state index in [4.69, 9.17) is 15.0 Å². The van der Waals surface area contributed by atoms with Crippen LogP contribution < -0.4 is 0 Å². The van der Waals surface area contributed by atoms with Crippen molar-refractivity contribution in [2.75, 3.05) is 0 Å². The Bertz CT molecular complexity index is 6400. The molecule has 0 spiro atoms. The van der Waals surface area contributed by atoms with E-state index < -0.39 is 0 Å². The van der Waals surface area contributed by atoms with Gasteiger partial charge in [0.15, 0.2) is 5.82 Å². The number of para-hydroxylation sites is 3. The van der Waals surface area contributed by atoms with Crippen molar-refractivity contribution in [1.29, 1.82) is 0 Å². The first kappa shape index (κ1) is 58.5. The van der Waals surface area contributed by atoms with Crippen LogP contribution in [0.5, 0.6) is 0 Å². The maximum Gasteiger partial charge on any atom is 0.240 e. The summed E-state index contributed by atoms with van der Waals surface area (Å²) in [5, 5.41) is 6.96. The highest BCUT2D eigenvalue weighted by Crippen LogP contribution is 2.53. The molecule has 6 nitrogen and oxygen atoms in total. The van der Waals surface area contributed by atoms with Crippen molar-refractivity contribution >= 4 is 65.4 Å². The molecular formula is C96H68N6. The Hall–Kier alpha value is -12.5. The van der Waals surface area contributed by atoms with Gasteiger partial charge in [-0.2, -0.15) is 15.0 Å². The molecule has 0 aliphatic heterocycles. The van der Waals surface area contributed by atoms with Crippen molar-refractivity contribution in [1.82, 2.24) is 28.7 Å². The molecule has 482 valence electrons. The molecular weight excluding hydrogens is 1240 g/mol. The zero-order chi connectivity index (χ0) is 68.1. The molecule has 3 aliphatic carbocycles. The van der Waals surface area contributed by atoms with E-state index in [-0.39, 0.29) is 16.2 Å². The summed E-state index contributed by atoms with van der Waals surface area (Å²) in [6, 6.07) is 112. The van der Waals surface area contributed by atoms with Gasteiger partial charge in [-0.1, -0.05) is 260 Å². The Morgan fingerprint density at radius 3 is 0.873 bits per heavy atom. The van der Waals surface area contributed by atoms with Crippen LogP contribution in [-0.2, 0) is 16.2 Å². The van der Waals surface area contributed by atoms with E-state index in [0.717, 1.165) is 77.1 Å². The summed E-state index contributed by atoms with van der Waals surface area (Å²) in [6.07, 6.45) is 0. The zero-order valence-corrected chi connectivity index (χ0v) is 57.6. The monoisotopic (exact) mass is 1300 g/mol. The van der Waals surface area contributed by atoms with Gasteiger partial charge < -0.3 is 4.57 Å². The number of fused-ring (bicyclic) bond motifs is 18. The van der Waals surface area contributed by atoms with Gasteiger partial charge in [-0.25, -0.2) is 0 Å². The highest BCUT2D eigenvalue weighted by Gasteiger charge is 2.38. The summed E-state index contributed by atoms with van der Waals surface area (Å²) in [7, 11) is 0. The van der Waals surface area contributed by atoms with Gasteiger partial charge in [0.05, 0.1) is 33.1 Å². The fraction of sp³-hybridized carbons (Fsp3) is 0.0938. The molecule has 14 aromatic carbocycles. The summed E-state index contributed by atoms with van der Waals surface area (Å²) >= 11 is 0. The molecule has 0 unspecified atom stereocenters. The molecule has 0 fully saturated rings. The average molecular weight is 1310 g/mol. The Kier molecular flexibility index (Phi) is 12.2. The van der Waals surface area contributed by atoms with Gasteiger partial charge in [0.2, 0.25) is 11.9 Å². The molecule has 21 rings (SSSR count). The summed E-state index contributed by atoms with van der Waals surface area (Å²) in [6.45, 7) is 14.1. The Morgan fingerprint density at radius 2 is 0.480 bits per heavy atom. The lowest BCUT2D eigenvalue weighted by molar-refractivity contribution is 0.660. The van der Waals surface area contributed by atoms with E-state index >= 15 is 0 Å². The molecule has 18 aromatic rings. The third kappa shape index (κ3) is 8.38. The second-order valence-electron chi connectivity index (χ2n) is 29.9. The van der Waals surface area contributed by atoms with Crippen LogP contribution in [0.1, 0.15) is 74.9 Å². The first-order valence-electron chi connectivity index (χ1n) is 35.6. The fourth-order valence-electron chi connectivity index (χ4n) is 18.2.